The number of rotatable bonds is 2. The number of carbonyl (C=O) groups is 1. The van der Waals surface area contributed by atoms with E-state index in [1.807, 2.05) is 6.07 Å². The van der Waals surface area contributed by atoms with E-state index in [4.69, 9.17) is 9.68 Å². The summed E-state index contributed by atoms with van der Waals surface area (Å²) in [6, 6.07) is 5.00. The van der Waals surface area contributed by atoms with Crippen LogP contribution in [0.15, 0.2) is 22.6 Å². The van der Waals surface area contributed by atoms with Gasteiger partial charge < -0.3 is 4.42 Å². The highest BCUT2D eigenvalue weighted by Gasteiger charge is 1.94. The minimum Gasteiger partial charge on any atom is -0.446 e. The second kappa shape index (κ2) is 3.37. The fourth-order valence-electron chi connectivity index (χ4n) is 0.637. The molecular weight excluding hydrogens is 142 g/mol. The van der Waals surface area contributed by atoms with E-state index in [1.165, 1.54) is 12.2 Å². The summed E-state index contributed by atoms with van der Waals surface area (Å²) in [4.78, 5) is 9.86. The molecule has 0 aromatic carbocycles. The van der Waals surface area contributed by atoms with Gasteiger partial charge in [-0.1, -0.05) is 0 Å². The summed E-state index contributed by atoms with van der Waals surface area (Å²) in [5.74, 6) is 0.754. The van der Waals surface area contributed by atoms with E-state index in [1.54, 1.807) is 12.1 Å². The van der Waals surface area contributed by atoms with Crippen molar-refractivity contribution in [1.82, 2.24) is 0 Å². The quantitative estimate of drug-likeness (QED) is 0.468. The number of aldehydes is 1. The fraction of sp³-hybridized carbons (Fsp3) is 0. The van der Waals surface area contributed by atoms with Crippen molar-refractivity contribution in [2.24, 2.45) is 0 Å². The lowest BCUT2D eigenvalue weighted by Gasteiger charge is -1.78. The van der Waals surface area contributed by atoms with E-state index in [9.17, 15) is 4.79 Å². The Morgan fingerprint density at radius 3 is 2.91 bits per heavy atom. The molecular formula is C8H5NO2. The fourth-order valence-corrected chi connectivity index (χ4v) is 0.637. The van der Waals surface area contributed by atoms with Crippen molar-refractivity contribution in [3.8, 4) is 6.07 Å². The standard InChI is InChI=1S/C8H5NO2/c9-6-8-4-3-7(11-8)2-1-5-10/h1-5H/b2-1+. The maximum absolute atomic E-state index is 9.86. The molecule has 0 fully saturated rings. The van der Waals surface area contributed by atoms with Gasteiger partial charge in [0.2, 0.25) is 5.76 Å². The Hall–Kier alpha value is -1.82. The molecule has 0 unspecified atom stereocenters. The zero-order valence-electron chi connectivity index (χ0n) is 5.65. The van der Waals surface area contributed by atoms with Crippen LogP contribution in [0, 0.1) is 11.3 Å². The summed E-state index contributed by atoms with van der Waals surface area (Å²) in [6.07, 6.45) is 3.45. The first-order valence-electron chi connectivity index (χ1n) is 2.98. The van der Waals surface area contributed by atoms with E-state index in [0.29, 0.717) is 12.0 Å². The highest BCUT2D eigenvalue weighted by atomic mass is 16.3. The summed E-state index contributed by atoms with van der Waals surface area (Å²) in [5.41, 5.74) is 0. The topological polar surface area (TPSA) is 54.0 Å². The molecule has 0 saturated heterocycles. The highest BCUT2D eigenvalue weighted by Crippen LogP contribution is 2.07. The van der Waals surface area contributed by atoms with Gasteiger partial charge in [0.15, 0.2) is 0 Å². The molecule has 11 heavy (non-hydrogen) atoms. The lowest BCUT2D eigenvalue weighted by molar-refractivity contribution is -0.104. The van der Waals surface area contributed by atoms with Gasteiger partial charge in [0.1, 0.15) is 18.1 Å². The Morgan fingerprint density at radius 1 is 1.55 bits per heavy atom. The van der Waals surface area contributed by atoms with E-state index >= 15 is 0 Å². The summed E-state index contributed by atoms with van der Waals surface area (Å²) in [5, 5.41) is 8.34. The van der Waals surface area contributed by atoms with Gasteiger partial charge in [-0.05, 0) is 24.3 Å². The maximum atomic E-state index is 9.86. The largest absolute Gasteiger partial charge is 0.446 e. The summed E-state index contributed by atoms with van der Waals surface area (Å²) in [6.45, 7) is 0. The van der Waals surface area contributed by atoms with Crippen LogP contribution in [0.5, 0.6) is 0 Å². The number of furan rings is 1. The number of hydrogen-bond donors (Lipinski definition) is 0. The van der Waals surface area contributed by atoms with Crippen molar-refractivity contribution in [2.45, 2.75) is 0 Å². The molecule has 1 heterocycles. The second-order valence-corrected chi connectivity index (χ2v) is 1.81. The van der Waals surface area contributed by atoms with Gasteiger partial charge in [-0.25, -0.2) is 0 Å². The van der Waals surface area contributed by atoms with Gasteiger partial charge in [0.25, 0.3) is 0 Å². The monoisotopic (exact) mass is 147 g/mol. The van der Waals surface area contributed by atoms with E-state index in [2.05, 4.69) is 0 Å². The molecule has 0 radical (unpaired) electrons. The van der Waals surface area contributed by atoms with Gasteiger partial charge in [-0.2, -0.15) is 5.26 Å². The first-order chi connectivity index (χ1) is 5.36. The molecule has 0 spiro atoms. The predicted octanol–water partition coefficient (Wildman–Crippen LogP) is 1.36. The zero-order valence-corrected chi connectivity index (χ0v) is 5.65. The van der Waals surface area contributed by atoms with Gasteiger partial charge in [-0.15, -0.1) is 0 Å². The van der Waals surface area contributed by atoms with Crippen molar-refractivity contribution in [3.63, 3.8) is 0 Å². The van der Waals surface area contributed by atoms with Crippen molar-refractivity contribution < 1.29 is 9.21 Å². The molecule has 3 nitrogen and oxygen atoms in total. The van der Waals surface area contributed by atoms with Crippen molar-refractivity contribution >= 4 is 12.4 Å². The van der Waals surface area contributed by atoms with Crippen LogP contribution in [-0.2, 0) is 4.79 Å². The number of allylic oxidation sites excluding steroid dienone is 1. The maximum Gasteiger partial charge on any atom is 0.204 e. The molecule has 0 amide bonds. The molecule has 0 aliphatic heterocycles. The number of nitriles is 1. The molecule has 1 rings (SSSR count). The van der Waals surface area contributed by atoms with Crippen molar-refractivity contribution in [3.05, 3.63) is 29.7 Å². The lowest BCUT2D eigenvalue weighted by Crippen LogP contribution is -1.62. The van der Waals surface area contributed by atoms with E-state index < -0.39 is 0 Å². The number of carbonyl (C=O) groups excluding carboxylic acids is 1. The van der Waals surface area contributed by atoms with Crippen molar-refractivity contribution in [1.29, 1.82) is 5.26 Å². The van der Waals surface area contributed by atoms with E-state index in [-0.39, 0.29) is 5.76 Å². The minimum absolute atomic E-state index is 0.246. The Balaban J connectivity index is 2.82. The smallest absolute Gasteiger partial charge is 0.204 e. The van der Waals surface area contributed by atoms with Crippen LogP contribution in [-0.4, -0.2) is 6.29 Å². The second-order valence-electron chi connectivity index (χ2n) is 1.81. The molecule has 54 valence electrons. The van der Waals surface area contributed by atoms with Gasteiger partial charge in [0.05, 0.1) is 0 Å². The van der Waals surface area contributed by atoms with Gasteiger partial charge >= 0.3 is 0 Å². The van der Waals surface area contributed by atoms with Crippen LogP contribution in [0.25, 0.3) is 6.08 Å². The van der Waals surface area contributed by atoms with Crippen LogP contribution in [0.1, 0.15) is 11.5 Å². The van der Waals surface area contributed by atoms with Crippen LogP contribution < -0.4 is 0 Å². The summed E-state index contributed by atoms with van der Waals surface area (Å²) < 4.78 is 4.93. The molecule has 0 aliphatic rings. The Bertz CT molecular complexity index is 317. The first-order valence-corrected chi connectivity index (χ1v) is 2.98. The normalized spacial score (nSPS) is 9.73. The minimum atomic E-state index is 0.246. The average Bonchev–Trinajstić information content (AvgIpc) is 2.48. The SMILES string of the molecule is N#Cc1ccc(/C=C/C=O)o1. The average molecular weight is 147 g/mol. The highest BCUT2D eigenvalue weighted by molar-refractivity contribution is 5.72. The van der Waals surface area contributed by atoms with Gasteiger partial charge in [-0.3, -0.25) is 4.79 Å². The van der Waals surface area contributed by atoms with Gasteiger partial charge in [0, 0.05) is 0 Å². The molecule has 3 heteroatoms. The van der Waals surface area contributed by atoms with Crippen LogP contribution in [0.3, 0.4) is 0 Å². The third-order valence-corrected chi connectivity index (χ3v) is 1.08. The molecule has 1 aromatic heterocycles. The Labute approximate surface area is 63.5 Å². The van der Waals surface area contributed by atoms with Crippen molar-refractivity contribution in [2.75, 3.05) is 0 Å². The lowest BCUT2D eigenvalue weighted by atomic mass is 10.4. The molecule has 0 aliphatic carbocycles. The molecule has 0 N–H and O–H groups in total. The summed E-state index contributed by atoms with van der Waals surface area (Å²) >= 11 is 0. The molecule has 0 saturated carbocycles. The molecule has 1 aromatic rings. The van der Waals surface area contributed by atoms with E-state index in [0.717, 1.165) is 0 Å². The Morgan fingerprint density at radius 2 is 2.36 bits per heavy atom. The molecule has 0 atom stereocenters. The number of nitrogens with zero attached hydrogens (tertiary/aromatic N) is 1. The summed E-state index contributed by atoms with van der Waals surface area (Å²) in [7, 11) is 0. The van der Waals surface area contributed by atoms with Crippen LogP contribution >= 0.6 is 0 Å². The Kier molecular flexibility index (Phi) is 2.24. The number of hydrogen-bond acceptors (Lipinski definition) is 3. The molecule has 0 bridgehead atoms. The van der Waals surface area contributed by atoms with Crippen LogP contribution in [0.2, 0.25) is 0 Å². The third-order valence-electron chi connectivity index (χ3n) is 1.08. The first kappa shape index (κ1) is 7.29. The zero-order chi connectivity index (χ0) is 8.10. The van der Waals surface area contributed by atoms with Crippen LogP contribution in [0.4, 0.5) is 0 Å². The third kappa shape index (κ3) is 1.80. The predicted molar refractivity (Wildman–Crippen MR) is 38.5 cm³/mol.